The summed E-state index contributed by atoms with van der Waals surface area (Å²) in [4.78, 5) is 14.7. The molecule has 6 nitrogen and oxygen atoms in total. The third-order valence-corrected chi connectivity index (χ3v) is 2.35. The van der Waals surface area contributed by atoms with Crippen LogP contribution in [0.25, 0.3) is 0 Å². The van der Waals surface area contributed by atoms with E-state index in [-0.39, 0.29) is 13.1 Å². The predicted molar refractivity (Wildman–Crippen MR) is 41.6 cm³/mol. The first-order valence-corrected chi connectivity index (χ1v) is 4.86. The first-order chi connectivity index (χ1) is 6.27. The number of carbonyl (C=O) groups excluding carboxylic acids is 1. The molecule has 1 aliphatic heterocycles. The summed E-state index contributed by atoms with van der Waals surface area (Å²) in [6.45, 7) is 0.0112. The highest BCUT2D eigenvalue weighted by Crippen LogP contribution is 2.23. The van der Waals surface area contributed by atoms with Crippen LogP contribution in [-0.4, -0.2) is 48.5 Å². The molecule has 0 bridgehead atoms. The summed E-state index contributed by atoms with van der Waals surface area (Å²) in [5.41, 5.74) is 0. The van der Waals surface area contributed by atoms with Crippen molar-refractivity contribution in [1.82, 2.24) is 4.90 Å². The maximum atomic E-state index is 12.7. The summed E-state index contributed by atoms with van der Waals surface area (Å²) < 4.78 is 53.8. The predicted octanol–water partition coefficient (Wildman–Crippen LogP) is -0.662. The zero-order chi connectivity index (χ0) is 11.0. The van der Waals surface area contributed by atoms with E-state index in [0.717, 1.165) is 6.34 Å². The lowest BCUT2D eigenvalue weighted by molar-refractivity contribution is -0.142. The molecule has 0 aromatic rings. The molecule has 0 aromatic heterocycles. The van der Waals surface area contributed by atoms with E-state index in [2.05, 4.69) is 4.99 Å². The van der Waals surface area contributed by atoms with Crippen LogP contribution in [0.4, 0.5) is 8.78 Å². The van der Waals surface area contributed by atoms with Crippen LogP contribution in [0.15, 0.2) is 4.99 Å². The van der Waals surface area contributed by atoms with Gasteiger partial charge in [-0.15, -0.1) is 0 Å². The Hall–Kier alpha value is -1.09. The summed E-state index contributed by atoms with van der Waals surface area (Å²) >= 11 is 0. The maximum absolute atomic E-state index is 12.7. The van der Waals surface area contributed by atoms with Gasteiger partial charge >= 0.3 is 21.3 Å². The second-order valence-corrected chi connectivity index (χ2v) is 3.97. The Morgan fingerprint density at radius 1 is 1.57 bits per heavy atom. The largest absolute Gasteiger partial charge is 0.447 e. The third-order valence-electron chi connectivity index (χ3n) is 1.52. The highest BCUT2D eigenvalue weighted by Gasteiger charge is 2.54. The number of aliphatic imine (C=N–C) groups is 1. The van der Waals surface area contributed by atoms with Crippen molar-refractivity contribution in [1.29, 1.82) is 0 Å². The summed E-state index contributed by atoms with van der Waals surface area (Å²) in [7, 11) is -5.73. The zero-order valence-corrected chi connectivity index (χ0v) is 7.54. The summed E-state index contributed by atoms with van der Waals surface area (Å²) in [5, 5.41) is -4.82. The minimum atomic E-state index is -5.73. The van der Waals surface area contributed by atoms with Gasteiger partial charge in [-0.2, -0.15) is 17.2 Å². The number of amides is 1. The molecule has 1 N–H and O–H groups in total. The monoisotopic (exact) mass is 228 g/mol. The van der Waals surface area contributed by atoms with Crippen molar-refractivity contribution in [2.24, 2.45) is 4.99 Å². The average Bonchev–Trinajstić information content (AvgIpc) is 2.52. The van der Waals surface area contributed by atoms with Crippen LogP contribution in [0.3, 0.4) is 0 Å². The number of hydrogen-bond donors (Lipinski definition) is 1. The second-order valence-electron chi connectivity index (χ2n) is 2.51. The van der Waals surface area contributed by atoms with Crippen molar-refractivity contribution in [3.8, 4) is 0 Å². The molecule has 0 aromatic carbocycles. The number of hydrogen-bond acceptors (Lipinski definition) is 4. The van der Waals surface area contributed by atoms with Crippen molar-refractivity contribution in [3.63, 3.8) is 0 Å². The molecule has 0 atom stereocenters. The van der Waals surface area contributed by atoms with E-state index in [0.29, 0.717) is 4.90 Å². The van der Waals surface area contributed by atoms with Crippen molar-refractivity contribution < 1.29 is 26.5 Å². The van der Waals surface area contributed by atoms with E-state index >= 15 is 0 Å². The smallest absolute Gasteiger partial charge is 0.295 e. The molecule has 0 aliphatic carbocycles. The lowest BCUT2D eigenvalue weighted by Gasteiger charge is -2.17. The SMILES string of the molecule is O=C(N1C=NCC1)C(F)(F)S(=O)(=O)O. The molecule has 0 spiro atoms. The fourth-order valence-corrected chi connectivity index (χ4v) is 1.15. The first kappa shape index (κ1) is 11.0. The van der Waals surface area contributed by atoms with Crippen LogP contribution < -0.4 is 0 Å². The van der Waals surface area contributed by atoms with E-state index < -0.39 is 21.3 Å². The van der Waals surface area contributed by atoms with Gasteiger partial charge in [-0.25, -0.2) is 0 Å². The van der Waals surface area contributed by atoms with Gasteiger partial charge < -0.3 is 0 Å². The highest BCUT2D eigenvalue weighted by atomic mass is 32.2. The standard InChI is InChI=1S/C5H6F2N2O4S/c6-5(7,14(11,12)13)4(10)9-2-1-8-3-9/h3H,1-2H2,(H,11,12,13). The van der Waals surface area contributed by atoms with Crippen LogP contribution in [0.5, 0.6) is 0 Å². The normalized spacial score (nSPS) is 17.5. The van der Waals surface area contributed by atoms with Gasteiger partial charge in [0, 0.05) is 6.54 Å². The average molecular weight is 228 g/mol. The molecule has 9 heteroatoms. The maximum Gasteiger partial charge on any atom is 0.447 e. The van der Waals surface area contributed by atoms with E-state index in [9.17, 15) is 22.0 Å². The van der Waals surface area contributed by atoms with Gasteiger partial charge in [0.25, 0.3) is 0 Å². The van der Waals surface area contributed by atoms with Crippen molar-refractivity contribution in [3.05, 3.63) is 0 Å². The molecule has 80 valence electrons. The fraction of sp³-hybridized carbons (Fsp3) is 0.600. The van der Waals surface area contributed by atoms with E-state index in [1.54, 1.807) is 0 Å². The highest BCUT2D eigenvalue weighted by molar-refractivity contribution is 7.87. The molecule has 1 amide bonds. The van der Waals surface area contributed by atoms with Gasteiger partial charge in [0.15, 0.2) is 0 Å². The molecule has 0 fully saturated rings. The number of rotatable bonds is 2. The van der Waals surface area contributed by atoms with Gasteiger partial charge in [0.05, 0.1) is 12.9 Å². The number of halogens is 2. The molecule has 0 saturated carbocycles. The molecule has 14 heavy (non-hydrogen) atoms. The Morgan fingerprint density at radius 2 is 2.14 bits per heavy atom. The molecule has 0 unspecified atom stereocenters. The Labute approximate surface area is 78.0 Å². The summed E-state index contributed by atoms with van der Waals surface area (Å²) in [6.07, 6.45) is 0.807. The van der Waals surface area contributed by atoms with Gasteiger partial charge in [-0.1, -0.05) is 0 Å². The lowest BCUT2D eigenvalue weighted by Crippen LogP contribution is -2.46. The van der Waals surface area contributed by atoms with Crippen LogP contribution in [0.2, 0.25) is 0 Å². The van der Waals surface area contributed by atoms with Crippen LogP contribution in [-0.2, 0) is 14.9 Å². The molecular weight excluding hydrogens is 222 g/mol. The zero-order valence-electron chi connectivity index (χ0n) is 6.72. The molecule has 1 aliphatic rings. The second kappa shape index (κ2) is 3.24. The third kappa shape index (κ3) is 1.73. The molecule has 0 saturated heterocycles. The topological polar surface area (TPSA) is 87.0 Å². The van der Waals surface area contributed by atoms with Crippen LogP contribution >= 0.6 is 0 Å². The molecule has 0 radical (unpaired) electrons. The van der Waals surface area contributed by atoms with Gasteiger partial charge in [0.1, 0.15) is 0 Å². The number of alkyl halides is 2. The van der Waals surface area contributed by atoms with Crippen molar-refractivity contribution >= 4 is 22.4 Å². The van der Waals surface area contributed by atoms with Crippen LogP contribution in [0.1, 0.15) is 0 Å². The van der Waals surface area contributed by atoms with Crippen molar-refractivity contribution in [2.75, 3.05) is 13.1 Å². The minimum absolute atomic E-state index is 0.121. The van der Waals surface area contributed by atoms with Crippen molar-refractivity contribution in [2.45, 2.75) is 5.25 Å². The van der Waals surface area contributed by atoms with Gasteiger partial charge in [-0.05, 0) is 0 Å². The Balaban J connectivity index is 2.93. The van der Waals surface area contributed by atoms with E-state index in [4.69, 9.17) is 4.55 Å². The molecule has 1 heterocycles. The van der Waals surface area contributed by atoms with Gasteiger partial charge in [-0.3, -0.25) is 19.2 Å². The number of nitrogens with zero attached hydrogens (tertiary/aromatic N) is 2. The van der Waals surface area contributed by atoms with Gasteiger partial charge in [0.2, 0.25) is 0 Å². The van der Waals surface area contributed by atoms with E-state index in [1.165, 1.54) is 0 Å². The Bertz CT molecular complexity index is 377. The first-order valence-electron chi connectivity index (χ1n) is 3.42. The van der Waals surface area contributed by atoms with Crippen LogP contribution in [0, 0.1) is 0 Å². The summed E-state index contributed by atoms with van der Waals surface area (Å²) in [5.74, 6) is -2.00. The summed E-state index contributed by atoms with van der Waals surface area (Å²) in [6, 6.07) is 0. The quantitative estimate of drug-likeness (QED) is 0.635. The fourth-order valence-electron chi connectivity index (χ4n) is 0.811. The Morgan fingerprint density at radius 3 is 2.50 bits per heavy atom. The minimum Gasteiger partial charge on any atom is -0.295 e. The van der Waals surface area contributed by atoms with E-state index in [1.807, 2.05) is 0 Å². The Kier molecular flexibility index (Phi) is 2.54. The molecular formula is C5H6F2N2O4S. The lowest BCUT2D eigenvalue weighted by atomic mass is 10.5. The molecule has 1 rings (SSSR count). The number of carbonyl (C=O) groups is 1.